The first-order chi connectivity index (χ1) is 9.49. The molecule has 1 heterocycles. The molecule has 20 heavy (non-hydrogen) atoms. The van der Waals surface area contributed by atoms with Crippen LogP contribution in [0.25, 0.3) is 5.69 Å². The molecule has 108 valence electrons. The highest BCUT2D eigenvalue weighted by molar-refractivity contribution is 5.36. The largest absolute Gasteiger partial charge is 0.310 e. The van der Waals surface area contributed by atoms with Crippen molar-refractivity contribution in [1.29, 1.82) is 0 Å². The Kier molecular flexibility index (Phi) is 4.39. The van der Waals surface area contributed by atoms with E-state index in [0.29, 0.717) is 18.3 Å². The molecule has 2 rings (SSSR count). The number of nitrogens with zero attached hydrogens (tertiary/aromatic N) is 4. The number of hydrogen-bond acceptors (Lipinski definition) is 4. The van der Waals surface area contributed by atoms with Crippen molar-refractivity contribution in [3.05, 3.63) is 35.2 Å². The van der Waals surface area contributed by atoms with Gasteiger partial charge in [0.2, 0.25) is 0 Å². The number of aryl methyl sites for hydroxylation is 1. The molecule has 0 radical (unpaired) electrons. The van der Waals surface area contributed by atoms with Gasteiger partial charge < -0.3 is 5.32 Å². The Hall–Kier alpha value is -1.89. The van der Waals surface area contributed by atoms with Gasteiger partial charge in [0.1, 0.15) is 17.3 Å². The number of tetrazole rings is 1. The van der Waals surface area contributed by atoms with Gasteiger partial charge in [0, 0.05) is 6.07 Å². The molecule has 0 atom stereocenters. The van der Waals surface area contributed by atoms with Crippen LogP contribution >= 0.6 is 0 Å². The number of nitrogens with one attached hydrogen (secondary N) is 1. The van der Waals surface area contributed by atoms with Crippen LogP contribution in [-0.2, 0) is 6.54 Å². The molecule has 5 nitrogen and oxygen atoms in total. The summed E-state index contributed by atoms with van der Waals surface area (Å²) in [6.45, 7) is 6.83. The summed E-state index contributed by atoms with van der Waals surface area (Å²) < 4.78 is 28.7. The lowest BCUT2D eigenvalue weighted by atomic mass is 10.2. The molecule has 0 aliphatic heterocycles. The van der Waals surface area contributed by atoms with Crippen molar-refractivity contribution in [3.8, 4) is 5.69 Å². The molecule has 7 heteroatoms. The summed E-state index contributed by atoms with van der Waals surface area (Å²) in [5.41, 5.74) is 0.262. The smallest absolute Gasteiger partial charge is 0.170 e. The highest BCUT2D eigenvalue weighted by atomic mass is 19.1. The third kappa shape index (κ3) is 3.16. The summed E-state index contributed by atoms with van der Waals surface area (Å²) in [5.74, 6) is -0.125. The number of aromatic nitrogens is 4. The van der Waals surface area contributed by atoms with Crippen molar-refractivity contribution in [2.24, 2.45) is 5.92 Å². The minimum Gasteiger partial charge on any atom is -0.310 e. The van der Waals surface area contributed by atoms with Crippen LogP contribution in [0.4, 0.5) is 8.78 Å². The summed E-state index contributed by atoms with van der Waals surface area (Å²) in [4.78, 5) is 0. The van der Waals surface area contributed by atoms with Gasteiger partial charge in [-0.1, -0.05) is 13.8 Å². The fourth-order valence-electron chi connectivity index (χ4n) is 1.77. The first-order valence-corrected chi connectivity index (χ1v) is 6.43. The maximum atomic E-state index is 13.9. The van der Waals surface area contributed by atoms with Crippen molar-refractivity contribution in [2.75, 3.05) is 6.54 Å². The highest BCUT2D eigenvalue weighted by Gasteiger charge is 2.14. The SMILES string of the molecule is Cc1cc(F)c(-n2nnnc2CNCC(C)C)cc1F. The van der Waals surface area contributed by atoms with Crippen molar-refractivity contribution in [2.45, 2.75) is 27.3 Å². The Morgan fingerprint density at radius 2 is 2.00 bits per heavy atom. The zero-order valence-electron chi connectivity index (χ0n) is 11.7. The normalized spacial score (nSPS) is 11.3. The van der Waals surface area contributed by atoms with Crippen molar-refractivity contribution >= 4 is 0 Å². The lowest BCUT2D eigenvalue weighted by Crippen LogP contribution is -2.21. The van der Waals surface area contributed by atoms with Gasteiger partial charge in [-0.3, -0.25) is 0 Å². The molecule has 0 amide bonds. The maximum Gasteiger partial charge on any atom is 0.170 e. The summed E-state index contributed by atoms with van der Waals surface area (Å²) in [7, 11) is 0. The Balaban J connectivity index is 2.25. The van der Waals surface area contributed by atoms with Crippen LogP contribution in [0, 0.1) is 24.5 Å². The average molecular weight is 281 g/mol. The second kappa shape index (κ2) is 6.04. The molecular weight excluding hydrogens is 264 g/mol. The van der Waals surface area contributed by atoms with E-state index in [2.05, 4.69) is 34.7 Å². The number of rotatable bonds is 5. The topological polar surface area (TPSA) is 55.6 Å². The molecule has 0 unspecified atom stereocenters. The van der Waals surface area contributed by atoms with Gasteiger partial charge in [-0.25, -0.2) is 8.78 Å². The summed E-state index contributed by atoms with van der Waals surface area (Å²) in [6.07, 6.45) is 0. The van der Waals surface area contributed by atoms with Crippen LogP contribution in [0.2, 0.25) is 0 Å². The molecular formula is C13H17F2N5. The first kappa shape index (κ1) is 14.5. The third-order valence-electron chi connectivity index (χ3n) is 2.83. The molecule has 2 aromatic rings. The van der Waals surface area contributed by atoms with E-state index in [1.54, 1.807) is 0 Å². The Morgan fingerprint density at radius 1 is 1.25 bits per heavy atom. The highest BCUT2D eigenvalue weighted by Crippen LogP contribution is 2.18. The van der Waals surface area contributed by atoms with Crippen LogP contribution in [0.1, 0.15) is 25.2 Å². The molecule has 0 bridgehead atoms. The van der Waals surface area contributed by atoms with Gasteiger partial charge in [-0.05, 0) is 41.4 Å². The molecule has 0 fully saturated rings. The van der Waals surface area contributed by atoms with Gasteiger partial charge in [0.25, 0.3) is 0 Å². The zero-order valence-corrected chi connectivity index (χ0v) is 11.7. The van der Waals surface area contributed by atoms with E-state index in [1.165, 1.54) is 11.6 Å². The first-order valence-electron chi connectivity index (χ1n) is 6.43. The Morgan fingerprint density at radius 3 is 2.70 bits per heavy atom. The Labute approximate surface area is 116 Å². The predicted molar refractivity (Wildman–Crippen MR) is 70.4 cm³/mol. The van der Waals surface area contributed by atoms with Crippen LogP contribution < -0.4 is 5.32 Å². The molecule has 0 spiro atoms. The van der Waals surface area contributed by atoms with Gasteiger partial charge in [0.15, 0.2) is 5.82 Å². The molecule has 0 aliphatic rings. The quantitative estimate of drug-likeness (QED) is 0.910. The van der Waals surface area contributed by atoms with E-state index < -0.39 is 11.6 Å². The van der Waals surface area contributed by atoms with Gasteiger partial charge >= 0.3 is 0 Å². The summed E-state index contributed by atoms with van der Waals surface area (Å²) in [6, 6.07) is 2.24. The number of benzene rings is 1. The van der Waals surface area contributed by atoms with Crippen molar-refractivity contribution in [3.63, 3.8) is 0 Å². The molecule has 1 aromatic carbocycles. The van der Waals surface area contributed by atoms with E-state index in [0.717, 1.165) is 18.7 Å². The van der Waals surface area contributed by atoms with Crippen LogP contribution in [-0.4, -0.2) is 26.8 Å². The molecule has 0 aliphatic carbocycles. The van der Waals surface area contributed by atoms with Gasteiger partial charge in [-0.15, -0.1) is 5.10 Å². The maximum absolute atomic E-state index is 13.9. The van der Waals surface area contributed by atoms with Crippen molar-refractivity contribution < 1.29 is 8.78 Å². The second-order valence-corrected chi connectivity index (χ2v) is 5.08. The standard InChI is InChI=1S/C13H17F2N5/c1-8(2)6-16-7-13-17-18-19-20(13)12-5-10(14)9(3)4-11(12)15/h4-5,8,16H,6-7H2,1-3H3. The third-order valence-corrected chi connectivity index (χ3v) is 2.83. The lowest BCUT2D eigenvalue weighted by Gasteiger charge is -2.09. The molecule has 0 saturated carbocycles. The Bertz CT molecular complexity index is 594. The van der Waals surface area contributed by atoms with E-state index in [4.69, 9.17) is 0 Å². The van der Waals surface area contributed by atoms with Gasteiger partial charge in [0.05, 0.1) is 6.54 Å². The minimum atomic E-state index is -0.554. The summed E-state index contributed by atoms with van der Waals surface area (Å²) >= 11 is 0. The van der Waals surface area contributed by atoms with E-state index in [-0.39, 0.29) is 11.3 Å². The monoisotopic (exact) mass is 281 g/mol. The second-order valence-electron chi connectivity index (χ2n) is 5.08. The fourth-order valence-corrected chi connectivity index (χ4v) is 1.77. The minimum absolute atomic E-state index is 0.0134. The van der Waals surface area contributed by atoms with E-state index >= 15 is 0 Å². The van der Waals surface area contributed by atoms with Gasteiger partial charge in [-0.2, -0.15) is 4.68 Å². The van der Waals surface area contributed by atoms with Crippen LogP contribution in [0.5, 0.6) is 0 Å². The number of halogens is 2. The lowest BCUT2D eigenvalue weighted by molar-refractivity contribution is 0.532. The predicted octanol–water partition coefficient (Wildman–Crippen LogP) is 1.99. The fraction of sp³-hybridized carbons (Fsp3) is 0.462. The van der Waals surface area contributed by atoms with Crippen LogP contribution in [0.15, 0.2) is 12.1 Å². The molecule has 1 aromatic heterocycles. The molecule has 0 saturated heterocycles. The van der Waals surface area contributed by atoms with Crippen molar-refractivity contribution in [1.82, 2.24) is 25.5 Å². The number of hydrogen-bond donors (Lipinski definition) is 1. The average Bonchev–Trinajstić information content (AvgIpc) is 2.81. The van der Waals surface area contributed by atoms with E-state index in [1.807, 2.05) is 0 Å². The van der Waals surface area contributed by atoms with E-state index in [9.17, 15) is 8.78 Å². The molecule has 1 N–H and O–H groups in total. The zero-order chi connectivity index (χ0) is 14.7. The van der Waals surface area contributed by atoms with Crippen LogP contribution in [0.3, 0.4) is 0 Å². The summed E-state index contributed by atoms with van der Waals surface area (Å²) in [5, 5.41) is 14.2.